The van der Waals surface area contributed by atoms with Crippen LogP contribution >= 0.6 is 11.6 Å². The second-order valence-electron chi connectivity index (χ2n) is 8.55. The van der Waals surface area contributed by atoms with E-state index in [-0.39, 0.29) is 11.0 Å². The zero-order valence-corrected chi connectivity index (χ0v) is 21.6. The summed E-state index contributed by atoms with van der Waals surface area (Å²) < 4.78 is 39.4. The van der Waals surface area contributed by atoms with Crippen LogP contribution in [0, 0.1) is 11.3 Å². The van der Waals surface area contributed by atoms with Crippen LogP contribution in [0.5, 0.6) is 5.75 Å². The Bertz CT molecular complexity index is 1330. The zero-order chi connectivity index (χ0) is 25.5. The summed E-state index contributed by atoms with van der Waals surface area (Å²) in [5.74, 6) is 0.749. The Labute approximate surface area is 217 Å². The predicted molar refractivity (Wildman–Crippen MR) is 138 cm³/mol. The first kappa shape index (κ1) is 26.1. The number of piperazine rings is 1. The number of ether oxygens (including phenoxy) is 2. The molecule has 1 saturated heterocycles. The quantitative estimate of drug-likeness (QED) is 0.409. The lowest BCUT2D eigenvalue weighted by Gasteiger charge is -2.36. The van der Waals surface area contributed by atoms with Crippen molar-refractivity contribution in [2.45, 2.75) is 17.6 Å². The molecule has 0 amide bonds. The molecule has 1 fully saturated rings. The number of hydrogen-bond donors (Lipinski definition) is 0. The third-order valence-corrected chi connectivity index (χ3v) is 8.29. The Morgan fingerprint density at radius 2 is 1.75 bits per heavy atom. The first-order chi connectivity index (χ1) is 17.4. The number of nitriles is 1. The number of methoxy groups -OCH3 is 1. The van der Waals surface area contributed by atoms with E-state index in [1.165, 1.54) is 16.4 Å². The summed E-state index contributed by atoms with van der Waals surface area (Å²) in [5, 5.41) is 9.78. The molecular formula is C27H28ClN3O4S. The minimum Gasteiger partial charge on any atom is -0.497 e. The normalized spacial score (nSPS) is 15.8. The van der Waals surface area contributed by atoms with Crippen LogP contribution in [-0.4, -0.2) is 57.5 Å². The number of benzene rings is 3. The molecule has 0 aromatic heterocycles. The van der Waals surface area contributed by atoms with Gasteiger partial charge in [-0.15, -0.1) is 0 Å². The maximum atomic E-state index is 13.1. The first-order valence-corrected chi connectivity index (χ1v) is 13.4. The summed E-state index contributed by atoms with van der Waals surface area (Å²) in [6, 6.07) is 23.5. The van der Waals surface area contributed by atoms with Crippen molar-refractivity contribution < 1.29 is 17.9 Å². The van der Waals surface area contributed by atoms with Crippen LogP contribution in [-0.2, 0) is 21.4 Å². The van der Waals surface area contributed by atoms with Gasteiger partial charge in [-0.3, -0.25) is 4.90 Å². The van der Waals surface area contributed by atoms with E-state index in [4.69, 9.17) is 26.3 Å². The number of sulfonamides is 1. The Hall–Kier alpha value is -2.93. The molecule has 7 nitrogen and oxygen atoms in total. The molecule has 0 bridgehead atoms. The van der Waals surface area contributed by atoms with Gasteiger partial charge in [-0.25, -0.2) is 8.42 Å². The Kier molecular flexibility index (Phi) is 8.62. The van der Waals surface area contributed by atoms with Gasteiger partial charge in [0.1, 0.15) is 5.75 Å². The number of halogens is 1. The largest absolute Gasteiger partial charge is 0.497 e. The minimum atomic E-state index is -3.66. The molecule has 0 saturated carbocycles. The van der Waals surface area contributed by atoms with Crippen molar-refractivity contribution in [3.05, 3.63) is 94.5 Å². The molecule has 188 valence electrons. The molecule has 3 aromatic carbocycles. The highest BCUT2D eigenvalue weighted by Gasteiger charge is 2.30. The van der Waals surface area contributed by atoms with Crippen LogP contribution in [0.25, 0.3) is 0 Å². The van der Waals surface area contributed by atoms with Gasteiger partial charge in [-0.05, 0) is 53.6 Å². The summed E-state index contributed by atoms with van der Waals surface area (Å²) in [5.41, 5.74) is 2.29. The van der Waals surface area contributed by atoms with Crippen molar-refractivity contribution >= 4 is 21.6 Å². The maximum Gasteiger partial charge on any atom is 0.243 e. The summed E-state index contributed by atoms with van der Waals surface area (Å²) in [6.07, 6.45) is -0.241. The molecule has 0 aliphatic carbocycles. The van der Waals surface area contributed by atoms with E-state index in [0.29, 0.717) is 49.9 Å². The van der Waals surface area contributed by atoms with Gasteiger partial charge < -0.3 is 9.47 Å². The second kappa shape index (κ2) is 11.9. The molecule has 4 rings (SSSR count). The second-order valence-corrected chi connectivity index (χ2v) is 10.9. The van der Waals surface area contributed by atoms with E-state index in [1.807, 2.05) is 54.6 Å². The van der Waals surface area contributed by atoms with Crippen LogP contribution in [0.15, 0.2) is 77.7 Å². The predicted octanol–water partition coefficient (Wildman–Crippen LogP) is 4.48. The molecule has 1 aliphatic rings. The Balaban J connectivity index is 1.44. The molecule has 0 unspecified atom stereocenters. The monoisotopic (exact) mass is 525 g/mol. The van der Waals surface area contributed by atoms with E-state index in [1.54, 1.807) is 19.2 Å². The summed E-state index contributed by atoms with van der Waals surface area (Å²) in [7, 11) is -2.03. The minimum absolute atomic E-state index is 0.147. The van der Waals surface area contributed by atoms with Crippen LogP contribution in [0.2, 0.25) is 5.02 Å². The van der Waals surface area contributed by atoms with Gasteiger partial charge in [-0.1, -0.05) is 41.9 Å². The van der Waals surface area contributed by atoms with E-state index in [9.17, 15) is 8.42 Å². The zero-order valence-electron chi connectivity index (χ0n) is 20.0. The molecule has 0 N–H and O–H groups in total. The molecule has 0 radical (unpaired) electrons. The standard InChI is InChI=1S/C27H28ClN3O4S/c1-34-25-9-4-7-23(17-25)27(35-20-22-6-2-8-24(28)15-22)19-30-11-13-31(14-12-30)36(32,33)26-10-3-5-21(16-26)18-29/h2-10,15-17,27H,11-14,19-20H2,1H3/t27-/m0/s1. The van der Waals surface area contributed by atoms with Gasteiger partial charge in [0.05, 0.1) is 36.3 Å². The maximum absolute atomic E-state index is 13.1. The molecule has 1 atom stereocenters. The van der Waals surface area contributed by atoms with Crippen LogP contribution in [0.1, 0.15) is 22.8 Å². The van der Waals surface area contributed by atoms with Crippen LogP contribution < -0.4 is 4.74 Å². The molecule has 36 heavy (non-hydrogen) atoms. The highest BCUT2D eigenvalue weighted by atomic mass is 35.5. The highest BCUT2D eigenvalue weighted by Crippen LogP contribution is 2.26. The number of rotatable bonds is 9. The van der Waals surface area contributed by atoms with E-state index < -0.39 is 10.0 Å². The van der Waals surface area contributed by atoms with Crippen molar-refractivity contribution in [1.82, 2.24) is 9.21 Å². The number of hydrogen-bond acceptors (Lipinski definition) is 6. The third-order valence-electron chi connectivity index (χ3n) is 6.16. The molecule has 0 spiro atoms. The van der Waals surface area contributed by atoms with Crippen molar-refractivity contribution in [1.29, 1.82) is 5.26 Å². The fraction of sp³-hybridized carbons (Fsp3) is 0.296. The van der Waals surface area contributed by atoms with E-state index >= 15 is 0 Å². The molecule has 3 aromatic rings. The summed E-state index contributed by atoms with van der Waals surface area (Å²) >= 11 is 6.13. The lowest BCUT2D eigenvalue weighted by Crippen LogP contribution is -2.49. The van der Waals surface area contributed by atoms with Gasteiger partial charge in [0, 0.05) is 37.7 Å². The van der Waals surface area contributed by atoms with Crippen LogP contribution in [0.4, 0.5) is 0 Å². The van der Waals surface area contributed by atoms with Crippen molar-refractivity contribution in [3.63, 3.8) is 0 Å². The average Bonchev–Trinajstić information content (AvgIpc) is 2.91. The molecule has 9 heteroatoms. The van der Waals surface area contributed by atoms with E-state index in [0.717, 1.165) is 16.9 Å². The number of nitrogens with zero attached hydrogens (tertiary/aromatic N) is 3. The summed E-state index contributed by atoms with van der Waals surface area (Å²) in [6.45, 7) is 2.85. The lowest BCUT2D eigenvalue weighted by molar-refractivity contribution is 0.00763. The van der Waals surface area contributed by atoms with Crippen molar-refractivity contribution in [2.75, 3.05) is 39.8 Å². The van der Waals surface area contributed by atoms with Crippen LogP contribution in [0.3, 0.4) is 0 Å². The average molecular weight is 526 g/mol. The SMILES string of the molecule is COc1cccc([C@H](CN2CCN(S(=O)(=O)c3cccc(C#N)c3)CC2)OCc2cccc(Cl)c2)c1. The van der Waals surface area contributed by atoms with Gasteiger partial charge in [-0.2, -0.15) is 9.57 Å². The lowest BCUT2D eigenvalue weighted by atomic mass is 10.1. The molecular weight excluding hydrogens is 498 g/mol. The summed E-state index contributed by atoms with van der Waals surface area (Å²) in [4.78, 5) is 2.36. The third kappa shape index (κ3) is 6.44. The van der Waals surface area contributed by atoms with Gasteiger partial charge in [0.2, 0.25) is 10.0 Å². The van der Waals surface area contributed by atoms with Gasteiger partial charge in [0.15, 0.2) is 0 Å². The molecule has 1 heterocycles. The molecule has 1 aliphatic heterocycles. The van der Waals surface area contributed by atoms with Gasteiger partial charge in [0.25, 0.3) is 0 Å². The Morgan fingerprint density at radius 1 is 1.00 bits per heavy atom. The smallest absolute Gasteiger partial charge is 0.243 e. The van der Waals surface area contributed by atoms with Gasteiger partial charge >= 0.3 is 0 Å². The highest BCUT2D eigenvalue weighted by molar-refractivity contribution is 7.89. The first-order valence-electron chi connectivity index (χ1n) is 11.6. The Morgan fingerprint density at radius 3 is 2.47 bits per heavy atom. The van der Waals surface area contributed by atoms with E-state index in [2.05, 4.69) is 4.90 Å². The fourth-order valence-electron chi connectivity index (χ4n) is 4.18. The van der Waals surface area contributed by atoms with Crippen molar-refractivity contribution in [3.8, 4) is 11.8 Å². The topological polar surface area (TPSA) is 82.9 Å². The van der Waals surface area contributed by atoms with Crippen molar-refractivity contribution in [2.24, 2.45) is 0 Å². The fourth-order valence-corrected chi connectivity index (χ4v) is 5.86.